The van der Waals surface area contributed by atoms with Gasteiger partial charge < -0.3 is 14.4 Å². The van der Waals surface area contributed by atoms with Crippen LogP contribution >= 0.6 is 0 Å². The van der Waals surface area contributed by atoms with E-state index < -0.39 is 0 Å². The second-order valence-electron chi connectivity index (χ2n) is 4.88. The molecule has 0 saturated heterocycles. The number of aromatic nitrogens is 1. The zero-order chi connectivity index (χ0) is 14.9. The van der Waals surface area contributed by atoms with E-state index in [9.17, 15) is 9.90 Å². The maximum absolute atomic E-state index is 11.7. The lowest BCUT2D eigenvalue weighted by Crippen LogP contribution is -2.06. The second-order valence-corrected chi connectivity index (χ2v) is 4.88. The molecule has 1 heterocycles. The Bertz CT molecular complexity index is 656. The van der Waals surface area contributed by atoms with E-state index in [1.54, 1.807) is 6.07 Å². The Morgan fingerprint density at radius 2 is 1.95 bits per heavy atom. The number of carbonyl (C=O) groups is 1. The molecule has 1 aromatic heterocycles. The van der Waals surface area contributed by atoms with Gasteiger partial charge in [-0.05, 0) is 50.1 Å². The van der Waals surface area contributed by atoms with Crippen molar-refractivity contribution in [3.63, 3.8) is 0 Å². The summed E-state index contributed by atoms with van der Waals surface area (Å²) < 4.78 is 6.81. The maximum Gasteiger partial charge on any atom is 0.337 e. The van der Waals surface area contributed by atoms with Crippen molar-refractivity contribution in [2.75, 3.05) is 7.11 Å². The first-order chi connectivity index (χ1) is 9.49. The third-order valence-corrected chi connectivity index (χ3v) is 3.58. The summed E-state index contributed by atoms with van der Waals surface area (Å²) in [5.41, 5.74) is 5.41. The van der Waals surface area contributed by atoms with Crippen LogP contribution in [0.2, 0.25) is 0 Å². The lowest BCUT2D eigenvalue weighted by molar-refractivity contribution is 0.0600. The van der Waals surface area contributed by atoms with Crippen molar-refractivity contribution in [1.82, 2.24) is 4.57 Å². The molecule has 0 atom stereocenters. The van der Waals surface area contributed by atoms with E-state index in [1.807, 2.05) is 43.5 Å². The minimum absolute atomic E-state index is 0.00934. The summed E-state index contributed by atoms with van der Waals surface area (Å²) >= 11 is 0. The fraction of sp³-hybridized carbons (Fsp3) is 0.312. The number of benzene rings is 1. The van der Waals surface area contributed by atoms with E-state index in [0.29, 0.717) is 5.56 Å². The quantitative estimate of drug-likeness (QED) is 0.875. The van der Waals surface area contributed by atoms with Crippen LogP contribution in [0.5, 0.6) is 0 Å². The van der Waals surface area contributed by atoms with Gasteiger partial charge in [0.2, 0.25) is 0 Å². The highest BCUT2D eigenvalue weighted by Gasteiger charge is 2.14. The van der Waals surface area contributed by atoms with Crippen LogP contribution < -0.4 is 0 Å². The number of ether oxygens (including phenoxy) is 1. The molecular formula is C16H19NO3. The third kappa shape index (κ3) is 2.34. The van der Waals surface area contributed by atoms with Crippen LogP contribution in [0.3, 0.4) is 0 Å². The van der Waals surface area contributed by atoms with Crippen LogP contribution in [0, 0.1) is 20.8 Å². The van der Waals surface area contributed by atoms with Crippen molar-refractivity contribution < 1.29 is 14.6 Å². The van der Waals surface area contributed by atoms with E-state index in [4.69, 9.17) is 4.74 Å². The Kier molecular flexibility index (Phi) is 3.95. The molecule has 0 aliphatic rings. The topological polar surface area (TPSA) is 51.5 Å². The minimum Gasteiger partial charge on any atom is -0.465 e. The Balaban J connectivity index is 2.63. The Hall–Kier alpha value is -2.07. The Labute approximate surface area is 118 Å². The number of methoxy groups -OCH3 is 1. The number of rotatable bonds is 3. The molecule has 0 aliphatic heterocycles. The van der Waals surface area contributed by atoms with E-state index in [-0.39, 0.29) is 12.6 Å². The molecule has 106 valence electrons. The number of aliphatic hydroxyl groups is 1. The van der Waals surface area contributed by atoms with Crippen molar-refractivity contribution in [1.29, 1.82) is 0 Å². The first-order valence-corrected chi connectivity index (χ1v) is 6.47. The van der Waals surface area contributed by atoms with Gasteiger partial charge in [0.05, 0.1) is 19.3 Å². The van der Waals surface area contributed by atoms with Gasteiger partial charge in [0.1, 0.15) is 0 Å². The van der Waals surface area contributed by atoms with E-state index in [0.717, 1.165) is 28.2 Å². The normalized spacial score (nSPS) is 10.7. The standard InChI is InChI=1S/C16H19NO3/c1-10-5-6-13(16(19)20-4)8-15(10)17-11(2)7-14(9-18)12(17)3/h5-8,18H,9H2,1-4H3. The first kappa shape index (κ1) is 14.3. The summed E-state index contributed by atoms with van der Waals surface area (Å²) in [4.78, 5) is 11.7. The van der Waals surface area contributed by atoms with Crippen LogP contribution in [0.1, 0.15) is 32.9 Å². The highest BCUT2D eigenvalue weighted by molar-refractivity contribution is 5.90. The lowest BCUT2D eigenvalue weighted by Gasteiger charge is -2.14. The molecule has 0 aliphatic carbocycles. The number of hydrogen-bond acceptors (Lipinski definition) is 3. The SMILES string of the molecule is COC(=O)c1ccc(C)c(-n2c(C)cc(CO)c2C)c1. The molecule has 4 nitrogen and oxygen atoms in total. The van der Waals surface area contributed by atoms with Gasteiger partial charge in [-0.2, -0.15) is 0 Å². The molecule has 2 aromatic rings. The monoisotopic (exact) mass is 273 g/mol. The van der Waals surface area contributed by atoms with Gasteiger partial charge in [-0.25, -0.2) is 4.79 Å². The number of nitrogens with zero attached hydrogens (tertiary/aromatic N) is 1. The zero-order valence-corrected chi connectivity index (χ0v) is 12.2. The fourth-order valence-corrected chi connectivity index (χ4v) is 2.46. The maximum atomic E-state index is 11.7. The number of aryl methyl sites for hydroxylation is 2. The van der Waals surface area contributed by atoms with Gasteiger partial charge in [-0.3, -0.25) is 0 Å². The van der Waals surface area contributed by atoms with E-state index in [1.165, 1.54) is 7.11 Å². The van der Waals surface area contributed by atoms with Crippen LogP contribution in [0.4, 0.5) is 0 Å². The fourth-order valence-electron chi connectivity index (χ4n) is 2.46. The van der Waals surface area contributed by atoms with Crippen LogP contribution in [0.25, 0.3) is 5.69 Å². The number of carbonyl (C=O) groups excluding carboxylic acids is 1. The van der Waals surface area contributed by atoms with Crippen molar-refractivity contribution >= 4 is 5.97 Å². The van der Waals surface area contributed by atoms with Gasteiger partial charge in [-0.15, -0.1) is 0 Å². The molecule has 1 aromatic carbocycles. The molecule has 0 unspecified atom stereocenters. The predicted octanol–water partition coefficient (Wildman–Crippen LogP) is 2.68. The van der Waals surface area contributed by atoms with Gasteiger partial charge in [0.25, 0.3) is 0 Å². The molecule has 2 rings (SSSR count). The highest BCUT2D eigenvalue weighted by atomic mass is 16.5. The van der Waals surface area contributed by atoms with Gasteiger partial charge in [-0.1, -0.05) is 6.07 Å². The summed E-state index contributed by atoms with van der Waals surface area (Å²) in [6.07, 6.45) is 0. The number of esters is 1. The Morgan fingerprint density at radius 1 is 1.25 bits per heavy atom. The second kappa shape index (κ2) is 5.51. The third-order valence-electron chi connectivity index (χ3n) is 3.58. The number of aliphatic hydroxyl groups excluding tert-OH is 1. The number of hydrogen-bond donors (Lipinski definition) is 1. The van der Waals surface area contributed by atoms with Crippen molar-refractivity contribution in [3.05, 3.63) is 52.3 Å². The van der Waals surface area contributed by atoms with Crippen molar-refractivity contribution in [3.8, 4) is 5.69 Å². The molecule has 0 bridgehead atoms. The first-order valence-electron chi connectivity index (χ1n) is 6.47. The average molecular weight is 273 g/mol. The minimum atomic E-state index is -0.351. The molecule has 0 fully saturated rings. The van der Waals surface area contributed by atoms with Crippen molar-refractivity contribution in [2.24, 2.45) is 0 Å². The zero-order valence-electron chi connectivity index (χ0n) is 12.2. The van der Waals surface area contributed by atoms with E-state index in [2.05, 4.69) is 0 Å². The molecule has 0 amide bonds. The summed E-state index contributed by atoms with van der Waals surface area (Å²) in [6.45, 7) is 5.95. The smallest absolute Gasteiger partial charge is 0.337 e. The molecule has 0 radical (unpaired) electrons. The summed E-state index contributed by atoms with van der Waals surface area (Å²) in [7, 11) is 1.37. The van der Waals surface area contributed by atoms with Crippen molar-refractivity contribution in [2.45, 2.75) is 27.4 Å². The summed E-state index contributed by atoms with van der Waals surface area (Å²) in [5.74, 6) is -0.351. The summed E-state index contributed by atoms with van der Waals surface area (Å²) in [5, 5.41) is 9.37. The molecule has 0 saturated carbocycles. The summed E-state index contributed by atoms with van der Waals surface area (Å²) in [6, 6.07) is 7.44. The predicted molar refractivity (Wildman–Crippen MR) is 77.2 cm³/mol. The molecule has 1 N–H and O–H groups in total. The average Bonchev–Trinajstić information content (AvgIpc) is 2.73. The largest absolute Gasteiger partial charge is 0.465 e. The van der Waals surface area contributed by atoms with Gasteiger partial charge >= 0.3 is 5.97 Å². The molecule has 0 spiro atoms. The molecule has 4 heteroatoms. The van der Waals surface area contributed by atoms with Gasteiger partial charge in [0.15, 0.2) is 0 Å². The van der Waals surface area contributed by atoms with Crippen LogP contribution in [-0.4, -0.2) is 22.8 Å². The van der Waals surface area contributed by atoms with Gasteiger partial charge in [0, 0.05) is 17.1 Å². The lowest BCUT2D eigenvalue weighted by atomic mass is 10.1. The Morgan fingerprint density at radius 3 is 2.50 bits per heavy atom. The molecular weight excluding hydrogens is 254 g/mol. The van der Waals surface area contributed by atoms with Crippen LogP contribution in [0.15, 0.2) is 24.3 Å². The van der Waals surface area contributed by atoms with E-state index >= 15 is 0 Å². The van der Waals surface area contributed by atoms with Crippen LogP contribution in [-0.2, 0) is 11.3 Å². The molecule has 20 heavy (non-hydrogen) atoms. The highest BCUT2D eigenvalue weighted by Crippen LogP contribution is 2.24.